The summed E-state index contributed by atoms with van der Waals surface area (Å²) < 4.78 is 5.09. The van der Waals surface area contributed by atoms with Gasteiger partial charge in [-0.05, 0) is 39.3 Å². The maximum Gasteiger partial charge on any atom is 0.333 e. The van der Waals surface area contributed by atoms with E-state index in [1.54, 1.807) is 6.92 Å². The fourth-order valence-electron chi connectivity index (χ4n) is 1.56. The van der Waals surface area contributed by atoms with E-state index in [1.165, 1.54) is 0 Å². The van der Waals surface area contributed by atoms with Crippen LogP contribution in [0.15, 0.2) is 37.0 Å². The SMILES string of the molecule is C=CC/C=C\CCCN(CC)CCOC(=O)C(=C)C. The minimum absolute atomic E-state index is 0.302. The summed E-state index contributed by atoms with van der Waals surface area (Å²) in [5, 5.41) is 0. The predicted molar refractivity (Wildman–Crippen MR) is 81.1 cm³/mol. The molecule has 0 aromatic rings. The van der Waals surface area contributed by atoms with Crippen molar-refractivity contribution in [3.05, 3.63) is 37.0 Å². The Labute approximate surface area is 117 Å². The molecule has 0 unspecified atom stereocenters. The van der Waals surface area contributed by atoms with E-state index in [9.17, 15) is 4.79 Å². The lowest BCUT2D eigenvalue weighted by Crippen LogP contribution is -2.29. The number of hydrogen-bond acceptors (Lipinski definition) is 3. The molecule has 0 amide bonds. The van der Waals surface area contributed by atoms with Crippen LogP contribution in [0.4, 0.5) is 0 Å². The second-order valence-corrected chi connectivity index (χ2v) is 4.49. The van der Waals surface area contributed by atoms with Gasteiger partial charge in [-0.1, -0.05) is 31.7 Å². The second-order valence-electron chi connectivity index (χ2n) is 4.49. The maximum atomic E-state index is 11.2. The van der Waals surface area contributed by atoms with Crippen molar-refractivity contribution in [2.24, 2.45) is 0 Å². The minimum Gasteiger partial charge on any atom is -0.461 e. The number of esters is 1. The average Bonchev–Trinajstić information content (AvgIpc) is 2.40. The average molecular weight is 265 g/mol. The molecule has 0 aliphatic rings. The first-order valence-electron chi connectivity index (χ1n) is 6.92. The smallest absolute Gasteiger partial charge is 0.333 e. The predicted octanol–water partition coefficient (Wildman–Crippen LogP) is 3.34. The minimum atomic E-state index is -0.302. The van der Waals surface area contributed by atoms with Crippen molar-refractivity contribution < 1.29 is 9.53 Å². The molecule has 0 aliphatic carbocycles. The van der Waals surface area contributed by atoms with Crippen LogP contribution in [0.3, 0.4) is 0 Å². The van der Waals surface area contributed by atoms with Gasteiger partial charge in [0.1, 0.15) is 6.61 Å². The van der Waals surface area contributed by atoms with E-state index in [-0.39, 0.29) is 5.97 Å². The summed E-state index contributed by atoms with van der Waals surface area (Å²) in [4.78, 5) is 13.5. The van der Waals surface area contributed by atoms with Crippen molar-refractivity contribution in [1.29, 1.82) is 0 Å². The van der Waals surface area contributed by atoms with Gasteiger partial charge in [-0.3, -0.25) is 0 Å². The largest absolute Gasteiger partial charge is 0.461 e. The third kappa shape index (κ3) is 10.3. The number of rotatable bonds is 11. The lowest BCUT2D eigenvalue weighted by Gasteiger charge is -2.19. The van der Waals surface area contributed by atoms with Gasteiger partial charge in [0, 0.05) is 12.1 Å². The van der Waals surface area contributed by atoms with Crippen molar-refractivity contribution in [3.8, 4) is 0 Å². The molecule has 0 aromatic carbocycles. The number of unbranched alkanes of at least 4 members (excludes halogenated alkanes) is 1. The summed E-state index contributed by atoms with van der Waals surface area (Å²) in [6, 6.07) is 0. The summed E-state index contributed by atoms with van der Waals surface area (Å²) in [5.41, 5.74) is 0.454. The highest BCUT2D eigenvalue weighted by molar-refractivity contribution is 5.86. The molecule has 0 heterocycles. The Kier molecular flexibility index (Phi) is 10.9. The van der Waals surface area contributed by atoms with Crippen LogP contribution in [0.2, 0.25) is 0 Å². The standard InChI is InChI=1S/C16H27NO2/c1-5-7-8-9-10-11-12-17(6-2)13-14-19-16(18)15(3)4/h5,8-9H,1,3,6-7,10-14H2,2,4H3/b9-8-. The zero-order chi connectivity index (χ0) is 14.5. The van der Waals surface area contributed by atoms with Crippen molar-refractivity contribution in [2.75, 3.05) is 26.2 Å². The summed E-state index contributed by atoms with van der Waals surface area (Å²) in [6.45, 7) is 14.2. The first-order chi connectivity index (χ1) is 9.11. The van der Waals surface area contributed by atoms with Crippen LogP contribution in [-0.4, -0.2) is 37.1 Å². The van der Waals surface area contributed by atoms with Crippen LogP contribution < -0.4 is 0 Å². The fraction of sp³-hybridized carbons (Fsp3) is 0.562. The number of allylic oxidation sites excluding steroid dienone is 3. The molecule has 0 saturated carbocycles. The Bertz CT molecular complexity index is 308. The van der Waals surface area contributed by atoms with E-state index >= 15 is 0 Å². The zero-order valence-corrected chi connectivity index (χ0v) is 12.4. The summed E-state index contributed by atoms with van der Waals surface area (Å²) >= 11 is 0. The molecule has 0 saturated heterocycles. The van der Waals surface area contributed by atoms with Crippen molar-refractivity contribution in [3.63, 3.8) is 0 Å². The molecule has 0 fully saturated rings. The van der Waals surface area contributed by atoms with Crippen molar-refractivity contribution >= 4 is 5.97 Å². The molecule has 0 rings (SSSR count). The normalized spacial score (nSPS) is 10.9. The summed E-state index contributed by atoms with van der Waals surface area (Å²) in [7, 11) is 0. The van der Waals surface area contributed by atoms with E-state index in [2.05, 4.69) is 37.1 Å². The Balaban J connectivity index is 3.68. The number of hydrogen-bond donors (Lipinski definition) is 0. The number of likely N-dealkylation sites (N-methyl/N-ethyl adjacent to an activating group) is 1. The van der Waals surface area contributed by atoms with Gasteiger partial charge in [0.25, 0.3) is 0 Å². The molecule has 0 atom stereocenters. The lowest BCUT2D eigenvalue weighted by molar-refractivity contribution is -0.139. The molecule has 3 heteroatoms. The van der Waals surface area contributed by atoms with Crippen LogP contribution in [0.25, 0.3) is 0 Å². The van der Waals surface area contributed by atoms with Crippen LogP contribution in [0.5, 0.6) is 0 Å². The third-order valence-electron chi connectivity index (χ3n) is 2.75. The summed E-state index contributed by atoms with van der Waals surface area (Å²) in [6.07, 6.45) is 9.36. The van der Waals surface area contributed by atoms with Crippen LogP contribution >= 0.6 is 0 Å². The molecule has 19 heavy (non-hydrogen) atoms. The van der Waals surface area contributed by atoms with Crippen LogP contribution in [-0.2, 0) is 9.53 Å². The van der Waals surface area contributed by atoms with Gasteiger partial charge >= 0.3 is 5.97 Å². The molecule has 0 aromatic heterocycles. The van der Waals surface area contributed by atoms with E-state index in [4.69, 9.17) is 4.74 Å². The van der Waals surface area contributed by atoms with E-state index in [0.717, 1.165) is 38.9 Å². The second kappa shape index (κ2) is 11.7. The zero-order valence-electron chi connectivity index (χ0n) is 12.4. The van der Waals surface area contributed by atoms with Crippen LogP contribution in [0.1, 0.15) is 33.1 Å². The molecular weight excluding hydrogens is 238 g/mol. The molecule has 3 nitrogen and oxygen atoms in total. The number of carbonyl (C=O) groups excluding carboxylic acids is 1. The molecule has 0 N–H and O–H groups in total. The van der Waals surface area contributed by atoms with E-state index in [1.807, 2.05) is 6.08 Å². The van der Waals surface area contributed by atoms with Gasteiger partial charge in [0.2, 0.25) is 0 Å². The Hall–Kier alpha value is -1.35. The van der Waals surface area contributed by atoms with Crippen molar-refractivity contribution in [1.82, 2.24) is 4.90 Å². The van der Waals surface area contributed by atoms with E-state index < -0.39 is 0 Å². The molecule has 108 valence electrons. The monoisotopic (exact) mass is 265 g/mol. The van der Waals surface area contributed by atoms with Crippen molar-refractivity contribution in [2.45, 2.75) is 33.1 Å². The number of ether oxygens (including phenoxy) is 1. The first-order valence-corrected chi connectivity index (χ1v) is 6.92. The first kappa shape index (κ1) is 17.6. The van der Waals surface area contributed by atoms with Gasteiger partial charge in [-0.25, -0.2) is 4.79 Å². The Morgan fingerprint density at radius 2 is 2.05 bits per heavy atom. The summed E-state index contributed by atoms with van der Waals surface area (Å²) in [5.74, 6) is -0.302. The molecule has 0 bridgehead atoms. The quantitative estimate of drug-likeness (QED) is 0.248. The molecular formula is C16H27NO2. The Morgan fingerprint density at radius 1 is 1.32 bits per heavy atom. The van der Waals surface area contributed by atoms with Gasteiger partial charge in [0.05, 0.1) is 0 Å². The topological polar surface area (TPSA) is 29.5 Å². The third-order valence-corrected chi connectivity index (χ3v) is 2.75. The highest BCUT2D eigenvalue weighted by atomic mass is 16.5. The number of carbonyl (C=O) groups is 1. The van der Waals surface area contributed by atoms with Crippen LogP contribution in [0, 0.1) is 0 Å². The highest BCUT2D eigenvalue weighted by Gasteiger charge is 2.05. The number of nitrogens with zero attached hydrogens (tertiary/aromatic N) is 1. The lowest BCUT2D eigenvalue weighted by atomic mass is 10.2. The fourth-order valence-corrected chi connectivity index (χ4v) is 1.56. The van der Waals surface area contributed by atoms with Gasteiger partial charge in [-0.2, -0.15) is 0 Å². The van der Waals surface area contributed by atoms with Gasteiger partial charge < -0.3 is 9.64 Å². The van der Waals surface area contributed by atoms with Gasteiger partial charge in [-0.15, -0.1) is 6.58 Å². The molecule has 0 radical (unpaired) electrons. The molecule has 0 spiro atoms. The highest BCUT2D eigenvalue weighted by Crippen LogP contribution is 1.99. The molecule has 0 aliphatic heterocycles. The Morgan fingerprint density at radius 3 is 2.63 bits per heavy atom. The maximum absolute atomic E-state index is 11.2. The van der Waals surface area contributed by atoms with E-state index in [0.29, 0.717) is 12.2 Å². The van der Waals surface area contributed by atoms with Gasteiger partial charge in [0.15, 0.2) is 0 Å².